The van der Waals surface area contributed by atoms with Crippen LogP contribution in [0.15, 0.2) is 59.5 Å². The number of carbonyl (C=O) groups is 2. The van der Waals surface area contributed by atoms with Crippen molar-refractivity contribution in [2.45, 2.75) is 11.3 Å². The van der Waals surface area contributed by atoms with E-state index in [-0.39, 0.29) is 35.0 Å². The van der Waals surface area contributed by atoms with Crippen molar-refractivity contribution < 1.29 is 22.4 Å². The fraction of sp³-hybridized carbons (Fsp3) is 0.176. The molecule has 0 aliphatic carbocycles. The summed E-state index contributed by atoms with van der Waals surface area (Å²) in [5.74, 6) is -1.71. The normalized spacial score (nSPS) is 11.0. The summed E-state index contributed by atoms with van der Waals surface area (Å²) in [6, 6.07) is 12.8. The average Bonchev–Trinajstić information content (AvgIpc) is 2.59. The number of hydrogen-bond donors (Lipinski definition) is 1. The Kier molecular flexibility index (Phi) is 5.81. The van der Waals surface area contributed by atoms with Gasteiger partial charge in [-0.2, -0.15) is 0 Å². The van der Waals surface area contributed by atoms with Crippen LogP contribution in [-0.4, -0.2) is 32.4 Å². The molecule has 0 aromatic heterocycles. The highest BCUT2D eigenvalue weighted by Gasteiger charge is 2.16. The molecule has 0 atom stereocenters. The number of sulfone groups is 1. The largest absolute Gasteiger partial charge is 0.349 e. The Labute approximate surface area is 139 Å². The van der Waals surface area contributed by atoms with Crippen molar-refractivity contribution >= 4 is 21.5 Å². The number of benzene rings is 2. The van der Waals surface area contributed by atoms with Crippen LogP contribution in [-0.2, 0) is 14.6 Å². The SMILES string of the molecule is O=C(CCS(=O)(=O)c1ccccc1)NCC(=O)c1ccc(F)cc1. The van der Waals surface area contributed by atoms with Gasteiger partial charge in [0.25, 0.3) is 0 Å². The standard InChI is InChI=1S/C17H16FNO4S/c18-14-8-6-13(7-9-14)16(20)12-19-17(21)10-11-24(22,23)15-4-2-1-3-5-15/h1-9H,10-12H2,(H,19,21). The minimum absolute atomic E-state index is 0.153. The Balaban J connectivity index is 1.83. The second-order valence-electron chi connectivity index (χ2n) is 5.09. The van der Waals surface area contributed by atoms with Gasteiger partial charge in [-0.1, -0.05) is 18.2 Å². The Hall–Kier alpha value is -2.54. The van der Waals surface area contributed by atoms with Crippen LogP contribution >= 0.6 is 0 Å². The molecular weight excluding hydrogens is 333 g/mol. The maximum absolute atomic E-state index is 12.8. The molecule has 0 bridgehead atoms. The fourth-order valence-electron chi connectivity index (χ4n) is 1.98. The third-order valence-electron chi connectivity index (χ3n) is 3.31. The molecule has 7 heteroatoms. The predicted molar refractivity (Wildman–Crippen MR) is 86.9 cm³/mol. The molecule has 1 amide bonds. The van der Waals surface area contributed by atoms with E-state index in [9.17, 15) is 22.4 Å². The van der Waals surface area contributed by atoms with Crippen LogP contribution in [0.2, 0.25) is 0 Å². The van der Waals surface area contributed by atoms with Gasteiger partial charge in [-0.3, -0.25) is 9.59 Å². The lowest BCUT2D eigenvalue weighted by atomic mass is 10.1. The highest BCUT2D eigenvalue weighted by molar-refractivity contribution is 7.91. The summed E-state index contributed by atoms with van der Waals surface area (Å²) in [4.78, 5) is 23.7. The summed E-state index contributed by atoms with van der Waals surface area (Å²) in [7, 11) is -3.54. The molecular formula is C17H16FNO4S. The van der Waals surface area contributed by atoms with Crippen molar-refractivity contribution in [3.63, 3.8) is 0 Å². The van der Waals surface area contributed by atoms with Crippen LogP contribution in [0.25, 0.3) is 0 Å². The summed E-state index contributed by atoms with van der Waals surface area (Å²) in [6.07, 6.45) is -0.242. The van der Waals surface area contributed by atoms with Crippen molar-refractivity contribution in [2.24, 2.45) is 0 Å². The molecule has 0 aliphatic rings. The summed E-state index contributed by atoms with van der Waals surface area (Å²) >= 11 is 0. The molecule has 0 saturated heterocycles. The maximum atomic E-state index is 12.8. The van der Waals surface area contributed by atoms with E-state index in [0.717, 1.165) is 12.1 Å². The van der Waals surface area contributed by atoms with Gasteiger partial charge in [0.2, 0.25) is 5.91 Å². The van der Waals surface area contributed by atoms with Crippen LogP contribution in [0, 0.1) is 5.82 Å². The van der Waals surface area contributed by atoms with E-state index in [1.54, 1.807) is 18.2 Å². The van der Waals surface area contributed by atoms with Crippen molar-refractivity contribution in [1.82, 2.24) is 5.32 Å². The Bertz CT molecular complexity index is 817. The lowest BCUT2D eigenvalue weighted by Gasteiger charge is -2.06. The van der Waals surface area contributed by atoms with E-state index >= 15 is 0 Å². The van der Waals surface area contributed by atoms with E-state index in [2.05, 4.69) is 5.32 Å². The molecule has 0 saturated carbocycles. The molecule has 0 heterocycles. The number of amides is 1. The smallest absolute Gasteiger partial charge is 0.221 e. The average molecular weight is 349 g/mol. The van der Waals surface area contributed by atoms with Gasteiger partial charge in [0.15, 0.2) is 15.6 Å². The van der Waals surface area contributed by atoms with Gasteiger partial charge in [-0.25, -0.2) is 12.8 Å². The van der Waals surface area contributed by atoms with Gasteiger partial charge in [-0.05, 0) is 36.4 Å². The first-order chi connectivity index (χ1) is 11.4. The van der Waals surface area contributed by atoms with Crippen LogP contribution in [0.3, 0.4) is 0 Å². The second kappa shape index (κ2) is 7.83. The number of halogens is 1. The molecule has 2 aromatic carbocycles. The maximum Gasteiger partial charge on any atom is 0.221 e. The van der Waals surface area contributed by atoms with Crippen LogP contribution in [0.4, 0.5) is 4.39 Å². The first-order valence-electron chi connectivity index (χ1n) is 7.22. The van der Waals surface area contributed by atoms with Gasteiger partial charge in [0.05, 0.1) is 17.2 Å². The quantitative estimate of drug-likeness (QED) is 0.775. The fourth-order valence-corrected chi connectivity index (χ4v) is 3.24. The van der Waals surface area contributed by atoms with E-state index < -0.39 is 21.6 Å². The highest BCUT2D eigenvalue weighted by Crippen LogP contribution is 2.11. The van der Waals surface area contributed by atoms with Crippen LogP contribution in [0.5, 0.6) is 0 Å². The summed E-state index contributed by atoms with van der Waals surface area (Å²) in [6.45, 7) is -0.268. The van der Waals surface area contributed by atoms with E-state index in [4.69, 9.17) is 0 Å². The van der Waals surface area contributed by atoms with Crippen LogP contribution in [0.1, 0.15) is 16.8 Å². The minimum atomic E-state index is -3.54. The molecule has 0 unspecified atom stereocenters. The predicted octanol–water partition coefficient (Wildman–Crippen LogP) is 1.99. The molecule has 0 aliphatic heterocycles. The third-order valence-corrected chi connectivity index (χ3v) is 5.04. The Morgan fingerprint density at radius 3 is 2.21 bits per heavy atom. The van der Waals surface area contributed by atoms with Crippen LogP contribution < -0.4 is 5.32 Å². The molecule has 0 spiro atoms. The summed E-state index contributed by atoms with van der Waals surface area (Å²) < 4.78 is 36.9. The number of Topliss-reactive ketones (excluding diaryl/α,β-unsaturated/α-hetero) is 1. The summed E-state index contributed by atoms with van der Waals surface area (Å²) in [5.41, 5.74) is 0.272. The molecule has 2 rings (SSSR count). The Morgan fingerprint density at radius 1 is 0.958 bits per heavy atom. The molecule has 5 nitrogen and oxygen atoms in total. The van der Waals surface area contributed by atoms with Gasteiger partial charge in [-0.15, -0.1) is 0 Å². The van der Waals surface area contributed by atoms with Gasteiger partial charge in [0.1, 0.15) is 5.82 Å². The molecule has 1 N–H and O–H groups in total. The molecule has 0 fully saturated rings. The number of carbonyl (C=O) groups excluding carboxylic acids is 2. The van der Waals surface area contributed by atoms with Gasteiger partial charge >= 0.3 is 0 Å². The van der Waals surface area contributed by atoms with Crippen molar-refractivity contribution in [1.29, 1.82) is 0 Å². The zero-order chi connectivity index (χ0) is 17.6. The molecule has 2 aromatic rings. The third kappa shape index (κ3) is 4.99. The van der Waals surface area contributed by atoms with Gasteiger partial charge in [0, 0.05) is 12.0 Å². The molecule has 24 heavy (non-hydrogen) atoms. The highest BCUT2D eigenvalue weighted by atomic mass is 32.2. The zero-order valence-electron chi connectivity index (χ0n) is 12.7. The zero-order valence-corrected chi connectivity index (χ0v) is 13.6. The lowest BCUT2D eigenvalue weighted by Crippen LogP contribution is -2.30. The molecule has 0 radical (unpaired) electrons. The van der Waals surface area contributed by atoms with E-state index in [0.29, 0.717) is 0 Å². The monoisotopic (exact) mass is 349 g/mol. The number of rotatable bonds is 7. The van der Waals surface area contributed by atoms with Crippen molar-refractivity contribution in [3.05, 3.63) is 66.0 Å². The number of hydrogen-bond acceptors (Lipinski definition) is 4. The van der Waals surface area contributed by atoms with Gasteiger partial charge < -0.3 is 5.32 Å². The summed E-state index contributed by atoms with van der Waals surface area (Å²) in [5, 5.41) is 2.37. The lowest BCUT2D eigenvalue weighted by molar-refractivity contribution is -0.120. The first-order valence-corrected chi connectivity index (χ1v) is 8.87. The van der Waals surface area contributed by atoms with E-state index in [1.807, 2.05) is 0 Å². The molecule has 126 valence electrons. The minimum Gasteiger partial charge on any atom is -0.349 e. The number of ketones is 1. The van der Waals surface area contributed by atoms with E-state index in [1.165, 1.54) is 24.3 Å². The first kappa shape index (κ1) is 17.8. The van der Waals surface area contributed by atoms with Crippen molar-refractivity contribution in [3.8, 4) is 0 Å². The van der Waals surface area contributed by atoms with Crippen molar-refractivity contribution in [2.75, 3.05) is 12.3 Å². The number of nitrogens with one attached hydrogen (secondary N) is 1. The second-order valence-corrected chi connectivity index (χ2v) is 7.20. The Morgan fingerprint density at radius 2 is 1.58 bits per heavy atom. The topological polar surface area (TPSA) is 80.3 Å².